The van der Waals surface area contributed by atoms with Crippen LogP contribution in [0, 0.1) is 11.3 Å². The fourth-order valence-electron chi connectivity index (χ4n) is 2.18. The summed E-state index contributed by atoms with van der Waals surface area (Å²) in [7, 11) is 3.86. The van der Waals surface area contributed by atoms with Crippen molar-refractivity contribution >= 4 is 0 Å². The topological polar surface area (TPSA) is 36.3 Å². The second-order valence-electron chi connectivity index (χ2n) is 5.88. The standard InChI is InChI=1S/C19H22N2O/c1-19(15-20,21(2)3)13-17-10-7-11-18(12-17)22-14-16-8-5-4-6-9-16/h4-12H,13-14H2,1-3H3. The number of hydrogen-bond donors (Lipinski definition) is 0. The first kappa shape index (κ1) is 16.1. The largest absolute Gasteiger partial charge is 0.489 e. The van der Waals surface area contributed by atoms with E-state index in [-0.39, 0.29) is 0 Å². The molecule has 3 nitrogen and oxygen atoms in total. The zero-order valence-corrected chi connectivity index (χ0v) is 13.4. The van der Waals surface area contributed by atoms with Gasteiger partial charge in [-0.1, -0.05) is 42.5 Å². The predicted octanol–water partition coefficient (Wildman–Crippen LogP) is 3.65. The highest BCUT2D eigenvalue weighted by Gasteiger charge is 2.26. The zero-order valence-electron chi connectivity index (χ0n) is 13.4. The molecule has 2 rings (SSSR count). The van der Waals surface area contributed by atoms with Gasteiger partial charge in [0, 0.05) is 6.42 Å². The van der Waals surface area contributed by atoms with Gasteiger partial charge in [0.15, 0.2) is 0 Å². The predicted molar refractivity (Wildman–Crippen MR) is 88.6 cm³/mol. The number of rotatable bonds is 6. The van der Waals surface area contributed by atoms with Crippen LogP contribution in [-0.4, -0.2) is 24.5 Å². The Hall–Kier alpha value is -2.31. The van der Waals surface area contributed by atoms with Crippen LogP contribution in [0.5, 0.6) is 5.75 Å². The van der Waals surface area contributed by atoms with E-state index in [0.717, 1.165) is 16.9 Å². The highest BCUT2D eigenvalue weighted by Crippen LogP contribution is 2.21. The summed E-state index contributed by atoms with van der Waals surface area (Å²) in [5, 5.41) is 9.42. The van der Waals surface area contributed by atoms with Gasteiger partial charge in [0.05, 0.1) is 6.07 Å². The summed E-state index contributed by atoms with van der Waals surface area (Å²) in [6.07, 6.45) is 0.666. The molecule has 0 bridgehead atoms. The molecule has 0 aromatic heterocycles. The highest BCUT2D eigenvalue weighted by molar-refractivity contribution is 5.31. The van der Waals surface area contributed by atoms with Crippen LogP contribution in [0.1, 0.15) is 18.1 Å². The van der Waals surface area contributed by atoms with E-state index < -0.39 is 5.54 Å². The number of nitriles is 1. The van der Waals surface area contributed by atoms with Crippen LogP contribution >= 0.6 is 0 Å². The molecular formula is C19H22N2O. The van der Waals surface area contributed by atoms with Crippen molar-refractivity contribution < 1.29 is 4.74 Å². The van der Waals surface area contributed by atoms with E-state index in [2.05, 4.69) is 6.07 Å². The van der Waals surface area contributed by atoms with Crippen molar-refractivity contribution in [3.05, 3.63) is 65.7 Å². The maximum atomic E-state index is 9.42. The average Bonchev–Trinajstić information content (AvgIpc) is 2.54. The lowest BCUT2D eigenvalue weighted by atomic mass is 9.93. The van der Waals surface area contributed by atoms with Crippen LogP contribution in [0.15, 0.2) is 54.6 Å². The lowest BCUT2D eigenvalue weighted by molar-refractivity contribution is 0.236. The molecule has 0 aliphatic heterocycles. The second kappa shape index (κ2) is 7.11. The molecule has 3 heteroatoms. The van der Waals surface area contributed by atoms with E-state index in [1.165, 1.54) is 0 Å². The Labute approximate surface area is 132 Å². The van der Waals surface area contributed by atoms with Crippen LogP contribution in [0.3, 0.4) is 0 Å². The quantitative estimate of drug-likeness (QED) is 0.816. The van der Waals surface area contributed by atoms with E-state index in [1.54, 1.807) is 0 Å². The lowest BCUT2D eigenvalue weighted by Gasteiger charge is -2.29. The molecule has 0 heterocycles. The lowest BCUT2D eigenvalue weighted by Crippen LogP contribution is -2.41. The molecule has 2 aromatic rings. The van der Waals surface area contributed by atoms with Gasteiger partial charge in [0.25, 0.3) is 0 Å². The van der Waals surface area contributed by atoms with E-state index in [0.29, 0.717) is 13.0 Å². The number of nitrogens with zero attached hydrogens (tertiary/aromatic N) is 2. The van der Waals surface area contributed by atoms with Gasteiger partial charge in [-0.05, 0) is 44.3 Å². The third-order valence-electron chi connectivity index (χ3n) is 3.92. The minimum atomic E-state index is -0.516. The Balaban J connectivity index is 2.06. The van der Waals surface area contributed by atoms with Gasteiger partial charge < -0.3 is 4.74 Å². The summed E-state index contributed by atoms with van der Waals surface area (Å²) >= 11 is 0. The number of ether oxygens (including phenoxy) is 1. The molecule has 114 valence electrons. The summed E-state index contributed by atoms with van der Waals surface area (Å²) < 4.78 is 5.84. The minimum Gasteiger partial charge on any atom is -0.489 e. The summed E-state index contributed by atoms with van der Waals surface area (Å²) in [4.78, 5) is 1.95. The fourth-order valence-corrected chi connectivity index (χ4v) is 2.18. The Kier molecular flexibility index (Phi) is 5.19. The average molecular weight is 294 g/mol. The normalized spacial score (nSPS) is 13.4. The Morgan fingerprint density at radius 2 is 1.73 bits per heavy atom. The fraction of sp³-hybridized carbons (Fsp3) is 0.316. The Morgan fingerprint density at radius 3 is 2.36 bits per heavy atom. The molecule has 0 amide bonds. The van der Waals surface area contributed by atoms with E-state index in [1.807, 2.05) is 80.5 Å². The van der Waals surface area contributed by atoms with Gasteiger partial charge in [0.2, 0.25) is 0 Å². The molecule has 22 heavy (non-hydrogen) atoms. The number of benzene rings is 2. The van der Waals surface area contributed by atoms with Gasteiger partial charge in [0.1, 0.15) is 17.9 Å². The SMILES string of the molecule is CN(C)C(C)(C#N)Cc1cccc(OCc2ccccc2)c1. The zero-order chi connectivity index (χ0) is 16.0. The molecule has 0 spiro atoms. The van der Waals surface area contributed by atoms with Crippen molar-refractivity contribution in [1.82, 2.24) is 4.90 Å². The van der Waals surface area contributed by atoms with Crippen molar-refractivity contribution in [1.29, 1.82) is 5.26 Å². The summed E-state index contributed by atoms with van der Waals surface area (Å²) in [5.74, 6) is 0.834. The summed E-state index contributed by atoms with van der Waals surface area (Å²) in [6, 6.07) is 20.5. The minimum absolute atomic E-state index is 0.516. The summed E-state index contributed by atoms with van der Waals surface area (Å²) in [5.41, 5.74) is 1.73. The van der Waals surface area contributed by atoms with Gasteiger partial charge in [-0.15, -0.1) is 0 Å². The monoisotopic (exact) mass is 294 g/mol. The molecule has 1 unspecified atom stereocenters. The summed E-state index contributed by atoms with van der Waals surface area (Å²) in [6.45, 7) is 2.50. The van der Waals surface area contributed by atoms with Gasteiger partial charge >= 0.3 is 0 Å². The molecule has 2 aromatic carbocycles. The molecular weight excluding hydrogens is 272 g/mol. The molecule has 0 radical (unpaired) electrons. The number of hydrogen-bond acceptors (Lipinski definition) is 3. The maximum Gasteiger partial charge on any atom is 0.120 e. The van der Waals surface area contributed by atoms with Crippen LogP contribution in [-0.2, 0) is 13.0 Å². The molecule has 0 fully saturated rings. The maximum absolute atomic E-state index is 9.42. The third-order valence-corrected chi connectivity index (χ3v) is 3.92. The third kappa shape index (κ3) is 4.09. The highest BCUT2D eigenvalue weighted by atomic mass is 16.5. The van der Waals surface area contributed by atoms with Crippen LogP contribution in [0.4, 0.5) is 0 Å². The van der Waals surface area contributed by atoms with Crippen LogP contribution < -0.4 is 4.74 Å². The van der Waals surface area contributed by atoms with Crippen molar-refractivity contribution in [2.24, 2.45) is 0 Å². The molecule has 0 aliphatic carbocycles. The van der Waals surface area contributed by atoms with Crippen LogP contribution in [0.2, 0.25) is 0 Å². The van der Waals surface area contributed by atoms with E-state index >= 15 is 0 Å². The molecule has 0 saturated carbocycles. The number of likely N-dealkylation sites (N-methyl/N-ethyl adjacent to an activating group) is 1. The van der Waals surface area contributed by atoms with Gasteiger partial charge in [-0.3, -0.25) is 4.90 Å². The molecule has 0 aliphatic rings. The Morgan fingerprint density at radius 1 is 1.05 bits per heavy atom. The first-order chi connectivity index (χ1) is 10.5. The molecule has 1 atom stereocenters. The molecule has 0 N–H and O–H groups in total. The van der Waals surface area contributed by atoms with Crippen molar-refractivity contribution in [2.75, 3.05) is 14.1 Å². The Bertz CT molecular complexity index is 646. The van der Waals surface area contributed by atoms with Crippen molar-refractivity contribution in [3.63, 3.8) is 0 Å². The van der Waals surface area contributed by atoms with Gasteiger partial charge in [-0.25, -0.2) is 0 Å². The van der Waals surface area contributed by atoms with Gasteiger partial charge in [-0.2, -0.15) is 5.26 Å². The van der Waals surface area contributed by atoms with E-state index in [9.17, 15) is 5.26 Å². The van der Waals surface area contributed by atoms with E-state index in [4.69, 9.17) is 4.74 Å². The first-order valence-corrected chi connectivity index (χ1v) is 7.38. The first-order valence-electron chi connectivity index (χ1n) is 7.38. The smallest absolute Gasteiger partial charge is 0.120 e. The second-order valence-corrected chi connectivity index (χ2v) is 5.88. The van der Waals surface area contributed by atoms with Crippen molar-refractivity contribution in [3.8, 4) is 11.8 Å². The molecule has 0 saturated heterocycles. The van der Waals surface area contributed by atoms with Crippen molar-refractivity contribution in [2.45, 2.75) is 25.5 Å². The van der Waals surface area contributed by atoms with Crippen LogP contribution in [0.25, 0.3) is 0 Å².